The lowest BCUT2D eigenvalue weighted by atomic mass is 10.1. The van der Waals surface area contributed by atoms with Gasteiger partial charge < -0.3 is 15.8 Å². The molecular weight excluding hydrogens is 252 g/mol. The predicted octanol–water partition coefficient (Wildman–Crippen LogP) is 2.52. The number of amides is 1. The normalized spacial score (nSPS) is 10.1. The molecule has 0 aliphatic heterocycles. The van der Waals surface area contributed by atoms with Gasteiger partial charge in [0, 0.05) is 12.1 Å². The average molecular weight is 270 g/mol. The third kappa shape index (κ3) is 3.09. The van der Waals surface area contributed by atoms with E-state index in [9.17, 15) is 4.79 Å². The topological polar surface area (TPSA) is 64.3 Å². The number of methoxy groups -OCH3 is 1. The van der Waals surface area contributed by atoms with E-state index in [1.807, 2.05) is 31.2 Å². The minimum absolute atomic E-state index is 0.147. The minimum atomic E-state index is -0.147. The quantitative estimate of drug-likeness (QED) is 0.839. The van der Waals surface area contributed by atoms with Gasteiger partial charge in [0.15, 0.2) is 0 Å². The van der Waals surface area contributed by atoms with Crippen molar-refractivity contribution in [3.63, 3.8) is 0 Å². The van der Waals surface area contributed by atoms with Crippen LogP contribution in [-0.4, -0.2) is 13.0 Å². The highest BCUT2D eigenvalue weighted by atomic mass is 16.5. The summed E-state index contributed by atoms with van der Waals surface area (Å²) in [5.74, 6) is 0.361. The van der Waals surface area contributed by atoms with E-state index in [4.69, 9.17) is 10.5 Å². The summed E-state index contributed by atoms with van der Waals surface area (Å²) in [7, 11) is 1.53. The van der Waals surface area contributed by atoms with Crippen molar-refractivity contribution in [2.24, 2.45) is 0 Å². The summed E-state index contributed by atoms with van der Waals surface area (Å²) in [6, 6.07) is 13.0. The fourth-order valence-electron chi connectivity index (χ4n) is 1.94. The number of rotatable bonds is 4. The number of nitrogens with one attached hydrogen (secondary N) is 1. The molecule has 0 fully saturated rings. The molecule has 0 heterocycles. The highest BCUT2D eigenvalue weighted by molar-refractivity contribution is 5.95. The van der Waals surface area contributed by atoms with E-state index >= 15 is 0 Å². The molecule has 0 atom stereocenters. The first-order valence-electron chi connectivity index (χ1n) is 6.38. The summed E-state index contributed by atoms with van der Waals surface area (Å²) in [5.41, 5.74) is 9.03. The molecule has 104 valence electrons. The van der Waals surface area contributed by atoms with Crippen LogP contribution in [-0.2, 0) is 6.54 Å². The van der Waals surface area contributed by atoms with E-state index in [0.29, 0.717) is 23.5 Å². The van der Waals surface area contributed by atoms with Crippen LogP contribution >= 0.6 is 0 Å². The highest BCUT2D eigenvalue weighted by Gasteiger charge is 2.09. The SMILES string of the molecule is COc1cc(C(=O)NCc2ccccc2C)ccc1N. The van der Waals surface area contributed by atoms with Gasteiger partial charge >= 0.3 is 0 Å². The average Bonchev–Trinajstić information content (AvgIpc) is 2.46. The van der Waals surface area contributed by atoms with E-state index in [0.717, 1.165) is 11.1 Å². The van der Waals surface area contributed by atoms with Crippen LogP contribution in [0.5, 0.6) is 5.75 Å². The van der Waals surface area contributed by atoms with Crippen LogP contribution in [0.25, 0.3) is 0 Å². The van der Waals surface area contributed by atoms with Gasteiger partial charge in [-0.3, -0.25) is 4.79 Å². The largest absolute Gasteiger partial charge is 0.495 e. The number of nitrogens with two attached hydrogens (primary N) is 1. The standard InChI is InChI=1S/C16H18N2O2/c1-11-5-3-4-6-13(11)10-18-16(19)12-7-8-14(17)15(9-12)20-2/h3-9H,10,17H2,1-2H3,(H,18,19). The van der Waals surface area contributed by atoms with Gasteiger partial charge in [0.25, 0.3) is 5.91 Å². The molecule has 0 saturated heterocycles. The maximum Gasteiger partial charge on any atom is 0.251 e. The number of hydrogen-bond acceptors (Lipinski definition) is 3. The zero-order valence-electron chi connectivity index (χ0n) is 11.6. The number of aryl methyl sites for hydroxylation is 1. The number of hydrogen-bond donors (Lipinski definition) is 2. The predicted molar refractivity (Wildman–Crippen MR) is 79.8 cm³/mol. The van der Waals surface area contributed by atoms with E-state index in [1.165, 1.54) is 7.11 Å². The Morgan fingerprint density at radius 3 is 2.70 bits per heavy atom. The van der Waals surface area contributed by atoms with Gasteiger partial charge in [-0.25, -0.2) is 0 Å². The molecule has 0 spiro atoms. The van der Waals surface area contributed by atoms with Crippen LogP contribution in [0, 0.1) is 6.92 Å². The molecule has 2 rings (SSSR count). The number of ether oxygens (including phenoxy) is 1. The van der Waals surface area contributed by atoms with E-state index in [1.54, 1.807) is 18.2 Å². The summed E-state index contributed by atoms with van der Waals surface area (Å²) in [6.07, 6.45) is 0. The molecule has 0 aliphatic carbocycles. The van der Waals surface area contributed by atoms with Crippen LogP contribution in [0.4, 0.5) is 5.69 Å². The van der Waals surface area contributed by atoms with Crippen molar-refractivity contribution in [2.45, 2.75) is 13.5 Å². The molecule has 0 bridgehead atoms. The molecule has 0 unspecified atom stereocenters. The van der Waals surface area contributed by atoms with Gasteiger partial charge in [0.05, 0.1) is 12.8 Å². The van der Waals surface area contributed by atoms with Crippen molar-refractivity contribution in [1.82, 2.24) is 5.32 Å². The Balaban J connectivity index is 2.07. The van der Waals surface area contributed by atoms with Crippen LogP contribution in [0.1, 0.15) is 21.5 Å². The van der Waals surface area contributed by atoms with Crippen molar-refractivity contribution in [3.8, 4) is 5.75 Å². The Labute approximate surface area is 118 Å². The van der Waals surface area contributed by atoms with Crippen molar-refractivity contribution < 1.29 is 9.53 Å². The second-order valence-corrected chi connectivity index (χ2v) is 4.57. The van der Waals surface area contributed by atoms with Gasteiger partial charge in [-0.1, -0.05) is 24.3 Å². The van der Waals surface area contributed by atoms with E-state index in [2.05, 4.69) is 5.32 Å². The molecule has 0 saturated carbocycles. The third-order valence-electron chi connectivity index (χ3n) is 3.20. The Morgan fingerprint density at radius 2 is 2.00 bits per heavy atom. The molecule has 2 aromatic carbocycles. The Kier molecular flexibility index (Phi) is 4.25. The molecule has 4 nitrogen and oxygen atoms in total. The van der Waals surface area contributed by atoms with Gasteiger partial charge in [-0.15, -0.1) is 0 Å². The fourth-order valence-corrected chi connectivity index (χ4v) is 1.94. The maximum atomic E-state index is 12.1. The second-order valence-electron chi connectivity index (χ2n) is 4.57. The van der Waals surface area contributed by atoms with Gasteiger partial charge in [0.1, 0.15) is 5.75 Å². The van der Waals surface area contributed by atoms with Crippen molar-refractivity contribution in [2.75, 3.05) is 12.8 Å². The molecule has 4 heteroatoms. The molecule has 2 aromatic rings. The monoisotopic (exact) mass is 270 g/mol. The summed E-state index contributed by atoms with van der Waals surface area (Å²) < 4.78 is 5.11. The van der Waals surface area contributed by atoms with Gasteiger partial charge in [-0.05, 0) is 36.2 Å². The van der Waals surface area contributed by atoms with Crippen LogP contribution < -0.4 is 15.8 Å². The molecular formula is C16H18N2O2. The molecule has 0 aliphatic rings. The summed E-state index contributed by atoms with van der Waals surface area (Å²) >= 11 is 0. The number of nitrogen functional groups attached to an aromatic ring is 1. The van der Waals surface area contributed by atoms with Crippen LogP contribution in [0.2, 0.25) is 0 Å². The van der Waals surface area contributed by atoms with Crippen molar-refractivity contribution >= 4 is 11.6 Å². The first kappa shape index (κ1) is 13.9. The number of carbonyl (C=O) groups is 1. The summed E-state index contributed by atoms with van der Waals surface area (Å²) in [5, 5.41) is 2.89. The number of benzene rings is 2. The third-order valence-corrected chi connectivity index (χ3v) is 3.20. The molecule has 0 radical (unpaired) electrons. The van der Waals surface area contributed by atoms with E-state index < -0.39 is 0 Å². The van der Waals surface area contributed by atoms with Crippen LogP contribution in [0.15, 0.2) is 42.5 Å². The second kappa shape index (κ2) is 6.10. The Hall–Kier alpha value is -2.49. The van der Waals surface area contributed by atoms with Crippen molar-refractivity contribution in [1.29, 1.82) is 0 Å². The summed E-state index contributed by atoms with van der Waals surface area (Å²) in [6.45, 7) is 2.52. The lowest BCUT2D eigenvalue weighted by Gasteiger charge is -2.10. The molecule has 3 N–H and O–H groups in total. The molecule has 20 heavy (non-hydrogen) atoms. The van der Waals surface area contributed by atoms with Crippen molar-refractivity contribution in [3.05, 3.63) is 59.2 Å². The molecule has 0 aromatic heterocycles. The highest BCUT2D eigenvalue weighted by Crippen LogP contribution is 2.22. The smallest absolute Gasteiger partial charge is 0.251 e. The number of anilines is 1. The number of carbonyl (C=O) groups excluding carboxylic acids is 1. The lowest BCUT2D eigenvalue weighted by molar-refractivity contribution is 0.0950. The lowest BCUT2D eigenvalue weighted by Crippen LogP contribution is -2.23. The zero-order valence-corrected chi connectivity index (χ0v) is 11.6. The molecule has 1 amide bonds. The fraction of sp³-hybridized carbons (Fsp3) is 0.188. The summed E-state index contributed by atoms with van der Waals surface area (Å²) in [4.78, 5) is 12.1. The Morgan fingerprint density at radius 1 is 1.25 bits per heavy atom. The zero-order chi connectivity index (χ0) is 14.5. The first-order chi connectivity index (χ1) is 9.61. The Bertz CT molecular complexity index is 624. The van der Waals surface area contributed by atoms with E-state index in [-0.39, 0.29) is 5.91 Å². The minimum Gasteiger partial charge on any atom is -0.495 e. The van der Waals surface area contributed by atoms with Gasteiger partial charge in [0.2, 0.25) is 0 Å². The van der Waals surface area contributed by atoms with Crippen LogP contribution in [0.3, 0.4) is 0 Å². The first-order valence-corrected chi connectivity index (χ1v) is 6.38. The van der Waals surface area contributed by atoms with Gasteiger partial charge in [-0.2, -0.15) is 0 Å². The maximum absolute atomic E-state index is 12.1.